The highest BCUT2D eigenvalue weighted by Gasteiger charge is 2.32. The number of ether oxygens (including phenoxy) is 2. The Bertz CT molecular complexity index is 1150. The summed E-state index contributed by atoms with van der Waals surface area (Å²) in [6.07, 6.45) is 9.03. The lowest BCUT2D eigenvalue weighted by Crippen LogP contribution is -2.80. The van der Waals surface area contributed by atoms with Crippen molar-refractivity contribution >= 4 is 23.2 Å². The van der Waals surface area contributed by atoms with Crippen molar-refractivity contribution in [2.24, 2.45) is 11.7 Å². The van der Waals surface area contributed by atoms with E-state index in [2.05, 4.69) is 25.8 Å². The SMILES string of the molecule is COCCOCc1n[nH]c(C)c1-c1ccc(NC(=O)[C@@H](NC(=O)C(/C=C\N)=[NH+]C(C)C)C2CCCCCC2)cc1. The van der Waals surface area contributed by atoms with Gasteiger partial charge in [0.1, 0.15) is 12.1 Å². The lowest BCUT2D eigenvalue weighted by atomic mass is 9.90. The van der Waals surface area contributed by atoms with Crippen LogP contribution in [-0.4, -0.2) is 60.1 Å². The average molecular weight is 554 g/mol. The van der Waals surface area contributed by atoms with E-state index in [4.69, 9.17) is 15.2 Å². The summed E-state index contributed by atoms with van der Waals surface area (Å²) in [4.78, 5) is 29.9. The third-order valence-electron chi connectivity index (χ3n) is 7.03. The van der Waals surface area contributed by atoms with Crippen molar-refractivity contribution in [3.63, 3.8) is 0 Å². The molecule has 10 nitrogen and oxygen atoms in total. The van der Waals surface area contributed by atoms with Gasteiger partial charge in [0.05, 0.1) is 25.5 Å². The maximum Gasteiger partial charge on any atom is 0.316 e. The summed E-state index contributed by atoms with van der Waals surface area (Å²) >= 11 is 0. The molecule has 1 aliphatic rings. The Morgan fingerprint density at radius 3 is 2.48 bits per heavy atom. The van der Waals surface area contributed by atoms with Crippen LogP contribution in [0.1, 0.15) is 63.8 Å². The number of carbonyl (C=O) groups is 2. The van der Waals surface area contributed by atoms with Crippen LogP contribution in [0.5, 0.6) is 0 Å². The monoisotopic (exact) mass is 553 g/mol. The van der Waals surface area contributed by atoms with Crippen molar-refractivity contribution in [2.45, 2.75) is 78.0 Å². The van der Waals surface area contributed by atoms with E-state index in [0.717, 1.165) is 61.0 Å². The van der Waals surface area contributed by atoms with Crippen LogP contribution >= 0.6 is 0 Å². The zero-order valence-electron chi connectivity index (χ0n) is 24.2. The first-order chi connectivity index (χ1) is 19.3. The second-order valence-electron chi connectivity index (χ2n) is 10.6. The van der Waals surface area contributed by atoms with Crippen molar-refractivity contribution in [2.75, 3.05) is 25.6 Å². The number of carbonyl (C=O) groups excluding carboxylic acids is 2. The molecule has 0 unspecified atom stereocenters. The summed E-state index contributed by atoms with van der Waals surface area (Å²) in [7, 11) is 1.64. The van der Waals surface area contributed by atoms with E-state index in [1.165, 1.54) is 12.3 Å². The van der Waals surface area contributed by atoms with Crippen molar-refractivity contribution in [3.05, 3.63) is 47.9 Å². The van der Waals surface area contributed by atoms with Crippen LogP contribution in [0.3, 0.4) is 0 Å². The fourth-order valence-corrected chi connectivity index (χ4v) is 5.08. The lowest BCUT2D eigenvalue weighted by Gasteiger charge is -2.26. The number of nitrogens with one attached hydrogen (secondary N) is 4. The fourth-order valence-electron chi connectivity index (χ4n) is 5.08. The summed E-state index contributed by atoms with van der Waals surface area (Å²) in [6, 6.07) is 7.03. The van der Waals surface area contributed by atoms with Gasteiger partial charge in [-0.2, -0.15) is 5.10 Å². The van der Waals surface area contributed by atoms with Gasteiger partial charge < -0.3 is 25.8 Å². The molecule has 1 aliphatic carbocycles. The van der Waals surface area contributed by atoms with E-state index in [0.29, 0.717) is 31.2 Å². The minimum atomic E-state index is -0.660. The first-order valence-corrected chi connectivity index (χ1v) is 14.2. The minimum absolute atomic E-state index is 0.0388. The molecule has 1 aromatic heterocycles. The number of H-pyrrole nitrogens is 1. The maximum absolute atomic E-state index is 13.6. The predicted octanol–water partition coefficient (Wildman–Crippen LogP) is 2.34. The number of nitrogens with zero attached hydrogens (tertiary/aromatic N) is 1. The minimum Gasteiger partial charge on any atom is -0.404 e. The van der Waals surface area contributed by atoms with E-state index >= 15 is 0 Å². The van der Waals surface area contributed by atoms with Crippen LogP contribution in [0.15, 0.2) is 36.5 Å². The Hall–Kier alpha value is -3.50. The van der Waals surface area contributed by atoms with Gasteiger partial charge in [0.2, 0.25) is 5.91 Å². The Labute approximate surface area is 237 Å². The molecule has 1 aromatic carbocycles. The number of nitrogens with two attached hydrogens (primary N) is 1. The normalized spacial score (nSPS) is 15.8. The molecule has 0 bridgehead atoms. The molecule has 0 saturated heterocycles. The highest BCUT2D eigenvalue weighted by atomic mass is 16.5. The van der Waals surface area contributed by atoms with E-state index in [1.54, 1.807) is 7.11 Å². The van der Waals surface area contributed by atoms with Gasteiger partial charge in [-0.25, -0.2) is 4.99 Å². The summed E-state index contributed by atoms with van der Waals surface area (Å²) in [6.45, 7) is 7.23. The number of benzene rings is 1. The smallest absolute Gasteiger partial charge is 0.316 e. The van der Waals surface area contributed by atoms with Crippen LogP contribution < -0.4 is 21.4 Å². The van der Waals surface area contributed by atoms with Gasteiger partial charge in [0.15, 0.2) is 0 Å². The second kappa shape index (κ2) is 15.9. The quantitative estimate of drug-likeness (QED) is 0.146. The van der Waals surface area contributed by atoms with Crippen LogP contribution in [0, 0.1) is 12.8 Å². The van der Waals surface area contributed by atoms with Gasteiger partial charge in [-0.05, 0) is 57.2 Å². The van der Waals surface area contributed by atoms with Gasteiger partial charge in [-0.3, -0.25) is 14.7 Å². The van der Waals surface area contributed by atoms with Crippen LogP contribution in [0.2, 0.25) is 0 Å². The standard InChI is InChI=1S/C30H44N6O4/c1-20(2)32-25(15-16-31)29(37)34-28(23-9-7-5-6-8-10-23)30(38)33-24-13-11-22(12-14-24)27-21(3)35-36-26(27)19-40-18-17-39-4/h11-16,20,23,28H,5-10,17-19,31H2,1-4H3,(H,33,38)(H,34,37)(H,35,36)/p+1/b16-15-,32-25?/t28-/m0/s1. The van der Waals surface area contributed by atoms with E-state index < -0.39 is 6.04 Å². The number of methoxy groups -OCH3 is 1. The van der Waals surface area contributed by atoms with Crippen LogP contribution in [0.25, 0.3) is 11.1 Å². The molecule has 40 heavy (non-hydrogen) atoms. The van der Waals surface area contributed by atoms with E-state index in [-0.39, 0.29) is 23.8 Å². The van der Waals surface area contributed by atoms with Crippen molar-refractivity contribution in [1.29, 1.82) is 0 Å². The van der Waals surface area contributed by atoms with Gasteiger partial charge >= 0.3 is 5.91 Å². The molecular formula is C30H45N6O4+. The van der Waals surface area contributed by atoms with Crippen LogP contribution in [-0.2, 0) is 25.7 Å². The topological polar surface area (TPSA) is 145 Å². The van der Waals surface area contributed by atoms with Crippen molar-refractivity contribution in [1.82, 2.24) is 15.5 Å². The number of hydrogen-bond acceptors (Lipinski definition) is 6. The zero-order chi connectivity index (χ0) is 28.9. The Balaban J connectivity index is 1.77. The Morgan fingerprint density at radius 1 is 1.15 bits per heavy atom. The molecule has 3 rings (SSSR count). The second-order valence-corrected chi connectivity index (χ2v) is 10.6. The average Bonchev–Trinajstić information content (AvgIpc) is 3.11. The van der Waals surface area contributed by atoms with Crippen molar-refractivity contribution in [3.8, 4) is 11.1 Å². The number of rotatable bonds is 13. The Morgan fingerprint density at radius 2 is 1.85 bits per heavy atom. The molecule has 10 heteroatoms. The number of aromatic nitrogens is 2. The van der Waals surface area contributed by atoms with Gasteiger partial charge in [-0.1, -0.05) is 37.8 Å². The number of hydrogen-bond donors (Lipinski definition) is 5. The molecule has 0 aliphatic heterocycles. The maximum atomic E-state index is 13.6. The molecule has 1 fully saturated rings. The first-order valence-electron chi connectivity index (χ1n) is 14.2. The summed E-state index contributed by atoms with van der Waals surface area (Å²) in [5.74, 6) is -0.506. The number of aromatic amines is 1. The third-order valence-corrected chi connectivity index (χ3v) is 7.03. The molecule has 1 heterocycles. The van der Waals surface area contributed by atoms with Crippen LogP contribution in [0.4, 0.5) is 5.69 Å². The van der Waals surface area contributed by atoms with Gasteiger partial charge in [0, 0.05) is 36.3 Å². The summed E-state index contributed by atoms with van der Waals surface area (Å²) < 4.78 is 10.7. The van der Waals surface area contributed by atoms with E-state index in [9.17, 15) is 9.59 Å². The highest BCUT2D eigenvalue weighted by molar-refractivity contribution is 6.41. The highest BCUT2D eigenvalue weighted by Crippen LogP contribution is 2.29. The number of amides is 2. The molecule has 2 amide bonds. The summed E-state index contributed by atoms with van der Waals surface area (Å²) in [5.41, 5.74) is 10.3. The molecule has 0 radical (unpaired) electrons. The van der Waals surface area contributed by atoms with Crippen molar-refractivity contribution < 1.29 is 24.1 Å². The number of anilines is 1. The molecule has 1 atom stereocenters. The lowest BCUT2D eigenvalue weighted by molar-refractivity contribution is -0.491. The predicted molar refractivity (Wildman–Crippen MR) is 156 cm³/mol. The third kappa shape index (κ3) is 9.02. The Kier molecular flexibility index (Phi) is 12.4. The molecule has 6 N–H and O–H groups in total. The largest absolute Gasteiger partial charge is 0.404 e. The number of aryl methyl sites for hydroxylation is 1. The van der Waals surface area contributed by atoms with Gasteiger partial charge in [0.25, 0.3) is 5.71 Å². The van der Waals surface area contributed by atoms with Gasteiger partial charge in [-0.15, -0.1) is 0 Å². The molecule has 1 saturated carbocycles. The summed E-state index contributed by atoms with van der Waals surface area (Å²) in [5, 5.41) is 13.5. The zero-order valence-corrected chi connectivity index (χ0v) is 24.2. The van der Waals surface area contributed by atoms with E-state index in [1.807, 2.05) is 45.0 Å². The molecule has 0 spiro atoms. The molecule has 2 aromatic rings. The fraction of sp³-hybridized carbons (Fsp3) is 0.533. The molecule has 218 valence electrons. The first kappa shape index (κ1) is 31.0. The molecular weight excluding hydrogens is 508 g/mol.